The first kappa shape index (κ1) is 15.3. The Bertz CT molecular complexity index is 534. The minimum atomic E-state index is 0.448. The third-order valence-electron chi connectivity index (χ3n) is 3.62. The number of unbranched alkanes of at least 4 members (excludes halogenated alkanes) is 3. The van der Waals surface area contributed by atoms with Crippen molar-refractivity contribution in [2.45, 2.75) is 58.4 Å². The lowest BCUT2D eigenvalue weighted by Gasteiger charge is -2.07. The second-order valence-electron chi connectivity index (χ2n) is 5.76. The van der Waals surface area contributed by atoms with Gasteiger partial charge in [-0.15, -0.1) is 11.6 Å². The average Bonchev–Trinajstić information content (AvgIpc) is 2.80. The van der Waals surface area contributed by atoms with Crippen LogP contribution in [-0.4, -0.2) is 14.5 Å². The Kier molecular flexibility index (Phi) is 5.84. The Balaban J connectivity index is 1.89. The maximum Gasteiger partial charge on any atom is 0.160 e. The fraction of sp³-hybridized carbons (Fsp3) is 0.625. The molecule has 0 N–H and O–H groups in total. The van der Waals surface area contributed by atoms with Gasteiger partial charge in [-0.2, -0.15) is 0 Å². The highest BCUT2D eigenvalue weighted by atomic mass is 35.5. The minimum Gasteiger partial charge on any atom is -0.312 e. The van der Waals surface area contributed by atoms with Crippen LogP contribution in [0, 0.1) is 5.92 Å². The summed E-state index contributed by atoms with van der Waals surface area (Å²) in [5, 5.41) is 0. The largest absolute Gasteiger partial charge is 0.312 e. The molecule has 0 spiro atoms. The standard InChI is InChI=1S/C16H24ClN3/c1-13(2)8-5-3-4-6-11-20-15(12-17)19-14-9-7-10-18-16(14)20/h7,9-10,13H,3-6,8,11-12H2,1-2H3. The summed E-state index contributed by atoms with van der Waals surface area (Å²) in [6.45, 7) is 5.54. The van der Waals surface area contributed by atoms with Gasteiger partial charge in [-0.05, 0) is 24.5 Å². The molecular formula is C16H24ClN3. The van der Waals surface area contributed by atoms with Gasteiger partial charge in [-0.1, -0.05) is 39.5 Å². The molecule has 2 aromatic rings. The Labute approximate surface area is 126 Å². The first-order chi connectivity index (χ1) is 9.72. The van der Waals surface area contributed by atoms with Crippen molar-refractivity contribution >= 4 is 22.8 Å². The number of fused-ring (bicyclic) bond motifs is 1. The fourth-order valence-electron chi connectivity index (χ4n) is 2.52. The molecule has 0 aliphatic heterocycles. The Morgan fingerprint density at radius 3 is 2.75 bits per heavy atom. The first-order valence-electron chi connectivity index (χ1n) is 7.58. The van der Waals surface area contributed by atoms with Crippen LogP contribution in [0.5, 0.6) is 0 Å². The molecule has 20 heavy (non-hydrogen) atoms. The molecule has 0 fully saturated rings. The number of aromatic nitrogens is 3. The van der Waals surface area contributed by atoms with Gasteiger partial charge in [0.05, 0.1) is 5.88 Å². The van der Waals surface area contributed by atoms with Crippen molar-refractivity contribution in [3.63, 3.8) is 0 Å². The van der Waals surface area contributed by atoms with Crippen molar-refractivity contribution in [3.8, 4) is 0 Å². The molecule has 0 amide bonds. The average molecular weight is 294 g/mol. The summed E-state index contributed by atoms with van der Waals surface area (Å²) in [5.41, 5.74) is 1.91. The van der Waals surface area contributed by atoms with E-state index in [2.05, 4.69) is 28.4 Å². The molecule has 0 atom stereocenters. The molecule has 3 nitrogen and oxygen atoms in total. The van der Waals surface area contributed by atoms with Crippen molar-refractivity contribution in [2.75, 3.05) is 0 Å². The molecule has 0 saturated heterocycles. The monoisotopic (exact) mass is 293 g/mol. The highest BCUT2D eigenvalue weighted by molar-refractivity contribution is 6.16. The highest BCUT2D eigenvalue weighted by Gasteiger charge is 2.09. The predicted molar refractivity (Wildman–Crippen MR) is 85.0 cm³/mol. The lowest BCUT2D eigenvalue weighted by molar-refractivity contribution is 0.505. The van der Waals surface area contributed by atoms with E-state index in [0.29, 0.717) is 5.88 Å². The van der Waals surface area contributed by atoms with Gasteiger partial charge in [0.1, 0.15) is 11.3 Å². The van der Waals surface area contributed by atoms with Gasteiger partial charge >= 0.3 is 0 Å². The van der Waals surface area contributed by atoms with E-state index < -0.39 is 0 Å². The van der Waals surface area contributed by atoms with Crippen LogP contribution < -0.4 is 0 Å². The van der Waals surface area contributed by atoms with Crippen molar-refractivity contribution in [1.29, 1.82) is 0 Å². The molecule has 0 radical (unpaired) electrons. The maximum absolute atomic E-state index is 5.99. The number of alkyl halides is 1. The van der Waals surface area contributed by atoms with E-state index in [4.69, 9.17) is 11.6 Å². The lowest BCUT2D eigenvalue weighted by atomic mass is 10.0. The third kappa shape index (κ3) is 3.95. The van der Waals surface area contributed by atoms with Gasteiger partial charge in [-0.25, -0.2) is 9.97 Å². The molecule has 2 aromatic heterocycles. The van der Waals surface area contributed by atoms with E-state index in [-0.39, 0.29) is 0 Å². The van der Waals surface area contributed by atoms with E-state index in [1.54, 1.807) is 0 Å². The van der Waals surface area contributed by atoms with Gasteiger partial charge in [0.2, 0.25) is 0 Å². The van der Waals surface area contributed by atoms with Crippen LogP contribution >= 0.6 is 11.6 Å². The SMILES string of the molecule is CC(C)CCCCCCn1c(CCl)nc2cccnc21. The molecule has 2 heterocycles. The number of pyridine rings is 1. The first-order valence-corrected chi connectivity index (χ1v) is 8.12. The number of halogens is 1. The van der Waals surface area contributed by atoms with Crippen LogP contribution in [0.1, 0.15) is 51.8 Å². The summed E-state index contributed by atoms with van der Waals surface area (Å²) in [4.78, 5) is 8.97. The van der Waals surface area contributed by atoms with Crippen LogP contribution in [0.15, 0.2) is 18.3 Å². The van der Waals surface area contributed by atoms with Crippen molar-refractivity contribution in [2.24, 2.45) is 5.92 Å². The third-order valence-corrected chi connectivity index (χ3v) is 3.85. The molecule has 110 valence electrons. The topological polar surface area (TPSA) is 30.7 Å². The Morgan fingerprint density at radius 1 is 1.20 bits per heavy atom. The zero-order valence-electron chi connectivity index (χ0n) is 12.5. The summed E-state index contributed by atoms with van der Waals surface area (Å²) in [7, 11) is 0. The van der Waals surface area contributed by atoms with Crippen molar-refractivity contribution < 1.29 is 0 Å². The second kappa shape index (κ2) is 7.63. The van der Waals surface area contributed by atoms with E-state index in [1.807, 2.05) is 18.3 Å². The van der Waals surface area contributed by atoms with Crippen LogP contribution in [0.25, 0.3) is 11.2 Å². The smallest absolute Gasteiger partial charge is 0.160 e. The van der Waals surface area contributed by atoms with Crippen LogP contribution in [0.3, 0.4) is 0 Å². The number of hydrogen-bond acceptors (Lipinski definition) is 2. The zero-order valence-corrected chi connectivity index (χ0v) is 13.2. The molecule has 4 heteroatoms. The van der Waals surface area contributed by atoms with E-state index in [1.165, 1.54) is 32.1 Å². The van der Waals surface area contributed by atoms with E-state index in [9.17, 15) is 0 Å². The molecule has 0 aliphatic rings. The number of rotatable bonds is 8. The molecule has 2 rings (SSSR count). The van der Waals surface area contributed by atoms with Gasteiger partial charge in [0, 0.05) is 12.7 Å². The number of imidazole rings is 1. The second-order valence-corrected chi connectivity index (χ2v) is 6.02. The number of hydrogen-bond donors (Lipinski definition) is 0. The normalized spacial score (nSPS) is 11.6. The van der Waals surface area contributed by atoms with Crippen molar-refractivity contribution in [3.05, 3.63) is 24.2 Å². The molecule has 0 aromatic carbocycles. The number of aryl methyl sites for hydroxylation is 1. The minimum absolute atomic E-state index is 0.448. The number of nitrogens with zero attached hydrogens (tertiary/aromatic N) is 3. The summed E-state index contributed by atoms with van der Waals surface area (Å²) in [6, 6.07) is 3.92. The van der Waals surface area contributed by atoms with Gasteiger partial charge in [0.25, 0.3) is 0 Å². The molecule has 0 bridgehead atoms. The quantitative estimate of drug-likeness (QED) is 0.518. The fourth-order valence-corrected chi connectivity index (χ4v) is 2.72. The van der Waals surface area contributed by atoms with E-state index in [0.717, 1.165) is 29.5 Å². The summed E-state index contributed by atoms with van der Waals surface area (Å²) in [6.07, 6.45) is 8.24. The molecule has 0 aliphatic carbocycles. The van der Waals surface area contributed by atoms with Crippen LogP contribution in [-0.2, 0) is 12.4 Å². The molecular weight excluding hydrogens is 270 g/mol. The van der Waals surface area contributed by atoms with Gasteiger partial charge in [-0.3, -0.25) is 0 Å². The van der Waals surface area contributed by atoms with Gasteiger partial charge in [0.15, 0.2) is 5.65 Å². The zero-order chi connectivity index (χ0) is 14.4. The van der Waals surface area contributed by atoms with E-state index >= 15 is 0 Å². The predicted octanol–water partition coefficient (Wildman–Crippen LogP) is 4.78. The van der Waals surface area contributed by atoms with Crippen molar-refractivity contribution in [1.82, 2.24) is 14.5 Å². The summed E-state index contributed by atoms with van der Waals surface area (Å²) in [5.74, 6) is 2.20. The lowest BCUT2D eigenvalue weighted by Crippen LogP contribution is -2.03. The molecule has 0 saturated carbocycles. The molecule has 0 unspecified atom stereocenters. The Hall–Kier alpha value is -1.09. The van der Waals surface area contributed by atoms with Gasteiger partial charge < -0.3 is 4.57 Å². The summed E-state index contributed by atoms with van der Waals surface area (Å²) >= 11 is 5.99. The highest BCUT2D eigenvalue weighted by Crippen LogP contribution is 2.17. The maximum atomic E-state index is 5.99. The summed E-state index contributed by atoms with van der Waals surface area (Å²) < 4.78 is 2.17. The van der Waals surface area contributed by atoms with Crippen LogP contribution in [0.2, 0.25) is 0 Å². The Morgan fingerprint density at radius 2 is 2.00 bits per heavy atom. The van der Waals surface area contributed by atoms with Crippen LogP contribution in [0.4, 0.5) is 0 Å².